The Kier molecular flexibility index (Phi) is 40.0. The standard InChI is InChI=1S/C3H8S2.C2H6S2.Ni/c1-5-3-2-4;1-4-2-3;/h4H,2-3H2,1H3;3H,2H2,1H3;/q;;+2/p-2. The van der Waals surface area contributed by atoms with E-state index in [9.17, 15) is 0 Å². The van der Waals surface area contributed by atoms with Crippen molar-refractivity contribution in [1.29, 1.82) is 0 Å². The molecule has 0 atom stereocenters. The van der Waals surface area contributed by atoms with Gasteiger partial charge in [-0.05, 0) is 18.3 Å². The Hall–Kier alpha value is 1.89. The van der Waals surface area contributed by atoms with E-state index >= 15 is 0 Å². The predicted molar refractivity (Wildman–Crippen MR) is 56.4 cm³/mol. The fraction of sp³-hybridized carbons (Fsp3) is 1.00. The van der Waals surface area contributed by atoms with E-state index in [2.05, 4.69) is 31.5 Å². The van der Waals surface area contributed by atoms with Crippen molar-refractivity contribution in [3.05, 3.63) is 0 Å². The minimum atomic E-state index is 0. The van der Waals surface area contributed by atoms with Gasteiger partial charge in [0.2, 0.25) is 0 Å². The zero-order valence-corrected chi connectivity index (χ0v) is 10.3. The molecule has 0 spiro atoms. The molecule has 0 unspecified atom stereocenters. The van der Waals surface area contributed by atoms with Gasteiger partial charge in [0.15, 0.2) is 0 Å². The monoisotopic (exact) mass is 258 g/mol. The summed E-state index contributed by atoms with van der Waals surface area (Å²) in [6.07, 6.45) is 4.05. The number of thioether (sulfide) groups is 2. The third kappa shape index (κ3) is 32.7. The van der Waals surface area contributed by atoms with E-state index in [1.54, 1.807) is 23.5 Å². The molecule has 66 valence electrons. The minimum absolute atomic E-state index is 0. The molecule has 0 saturated carbocycles. The summed E-state index contributed by atoms with van der Waals surface area (Å²) in [5, 5.41) is 0.819. The van der Waals surface area contributed by atoms with Crippen LogP contribution in [0.1, 0.15) is 0 Å². The average Bonchev–Trinajstić information content (AvgIpc) is 1.91. The molecule has 0 aromatic carbocycles. The van der Waals surface area contributed by atoms with Crippen molar-refractivity contribution >= 4 is 48.8 Å². The van der Waals surface area contributed by atoms with Crippen LogP contribution in [0.3, 0.4) is 0 Å². The number of hydrogen-bond acceptors (Lipinski definition) is 4. The molecule has 10 heavy (non-hydrogen) atoms. The molecule has 0 heterocycles. The number of hydrogen-bond donors (Lipinski definition) is 0. The van der Waals surface area contributed by atoms with Gasteiger partial charge in [-0.2, -0.15) is 29.3 Å². The first-order chi connectivity index (χ1) is 4.33. The summed E-state index contributed by atoms with van der Waals surface area (Å²) in [6.45, 7) is 0. The Morgan fingerprint density at radius 2 is 1.50 bits per heavy atom. The Balaban J connectivity index is -0.0000000910. The van der Waals surface area contributed by atoms with E-state index in [0.29, 0.717) is 0 Å². The van der Waals surface area contributed by atoms with E-state index < -0.39 is 0 Å². The fourth-order valence-corrected chi connectivity index (χ4v) is 0.750. The van der Waals surface area contributed by atoms with Gasteiger partial charge >= 0.3 is 16.5 Å². The summed E-state index contributed by atoms with van der Waals surface area (Å²) in [4.78, 5) is 0. The first-order valence-corrected chi connectivity index (χ1v) is 6.41. The van der Waals surface area contributed by atoms with Crippen molar-refractivity contribution in [1.82, 2.24) is 0 Å². The van der Waals surface area contributed by atoms with Crippen molar-refractivity contribution in [2.45, 2.75) is 0 Å². The molecule has 0 bridgehead atoms. The summed E-state index contributed by atoms with van der Waals surface area (Å²) >= 11 is 12.6. The van der Waals surface area contributed by atoms with Gasteiger partial charge in [0.25, 0.3) is 0 Å². The van der Waals surface area contributed by atoms with Crippen LogP contribution in [-0.4, -0.2) is 29.1 Å². The Morgan fingerprint density at radius 1 is 1.10 bits per heavy atom. The largest absolute Gasteiger partial charge is 2.00 e. The average molecular weight is 259 g/mol. The van der Waals surface area contributed by atoms with Crippen molar-refractivity contribution in [2.24, 2.45) is 0 Å². The molecule has 5 heteroatoms. The van der Waals surface area contributed by atoms with Gasteiger partial charge in [-0.3, -0.25) is 0 Å². The molecule has 0 fully saturated rings. The van der Waals surface area contributed by atoms with Gasteiger partial charge in [0.1, 0.15) is 0 Å². The maximum absolute atomic E-state index is 4.63. The van der Waals surface area contributed by atoms with E-state index in [0.717, 1.165) is 16.6 Å². The summed E-state index contributed by atoms with van der Waals surface area (Å²) in [5.74, 6) is 2.01. The van der Waals surface area contributed by atoms with E-state index in [1.807, 2.05) is 6.26 Å². The summed E-state index contributed by atoms with van der Waals surface area (Å²) in [6, 6.07) is 0. The maximum Gasteiger partial charge on any atom is 2.00 e. The number of rotatable bonds is 3. The smallest absolute Gasteiger partial charge is 0.792 e. The summed E-state index contributed by atoms with van der Waals surface area (Å²) < 4.78 is 0. The van der Waals surface area contributed by atoms with Gasteiger partial charge in [-0.25, -0.2) is 0 Å². The van der Waals surface area contributed by atoms with Crippen LogP contribution in [0, 0.1) is 0 Å². The van der Waals surface area contributed by atoms with Crippen molar-refractivity contribution in [3.63, 3.8) is 0 Å². The molecule has 0 aromatic heterocycles. The van der Waals surface area contributed by atoms with Gasteiger partial charge in [-0.15, -0.1) is 5.08 Å². The molecule has 0 aromatic rings. The van der Waals surface area contributed by atoms with Gasteiger partial charge in [-0.1, -0.05) is 0 Å². The Labute approximate surface area is 93.8 Å². The maximum atomic E-state index is 4.63. The molecular formula is C5H12NiS4. The third-order valence-electron chi connectivity index (χ3n) is 0.405. The third-order valence-corrected chi connectivity index (χ3v) is 2.42. The molecule has 0 amide bonds. The van der Waals surface area contributed by atoms with Crippen LogP contribution in [0.5, 0.6) is 0 Å². The van der Waals surface area contributed by atoms with Crippen LogP contribution in [0.4, 0.5) is 0 Å². The van der Waals surface area contributed by atoms with E-state index in [1.165, 1.54) is 0 Å². The predicted octanol–water partition coefficient (Wildman–Crippen LogP) is 1.75. The van der Waals surface area contributed by atoms with Crippen LogP contribution >= 0.6 is 23.5 Å². The van der Waals surface area contributed by atoms with Crippen LogP contribution in [0.15, 0.2) is 0 Å². The molecule has 0 aliphatic heterocycles. The normalized spacial score (nSPS) is 7.20. The molecule has 0 radical (unpaired) electrons. The van der Waals surface area contributed by atoms with Crippen LogP contribution in [0.2, 0.25) is 0 Å². The van der Waals surface area contributed by atoms with Crippen LogP contribution < -0.4 is 0 Å². The van der Waals surface area contributed by atoms with Crippen molar-refractivity contribution in [2.75, 3.05) is 29.1 Å². The van der Waals surface area contributed by atoms with Crippen LogP contribution in [0.25, 0.3) is 0 Å². The van der Waals surface area contributed by atoms with Gasteiger partial charge in [0.05, 0.1) is 0 Å². The molecular weight excluding hydrogens is 247 g/mol. The van der Waals surface area contributed by atoms with Crippen molar-refractivity contribution < 1.29 is 16.5 Å². The molecule has 0 N–H and O–H groups in total. The van der Waals surface area contributed by atoms with Gasteiger partial charge < -0.3 is 25.3 Å². The summed E-state index contributed by atoms with van der Waals surface area (Å²) in [7, 11) is 0. The quantitative estimate of drug-likeness (QED) is 0.559. The zero-order valence-electron chi connectivity index (χ0n) is 6.07. The molecule has 0 nitrogen and oxygen atoms in total. The molecule has 0 aliphatic carbocycles. The fourth-order valence-electron chi connectivity index (χ4n) is 0.0833. The van der Waals surface area contributed by atoms with Gasteiger partial charge in [0, 0.05) is 0 Å². The Morgan fingerprint density at radius 3 is 1.50 bits per heavy atom. The summed E-state index contributed by atoms with van der Waals surface area (Å²) in [5.41, 5.74) is 0. The second-order valence-electron chi connectivity index (χ2n) is 1.10. The second kappa shape index (κ2) is 22.4. The molecule has 0 aliphatic rings. The topological polar surface area (TPSA) is 0 Å². The second-order valence-corrected chi connectivity index (χ2v) is 4.02. The van der Waals surface area contributed by atoms with Crippen molar-refractivity contribution in [3.8, 4) is 0 Å². The molecule has 0 saturated heterocycles. The molecule has 0 rings (SSSR count). The SMILES string of the molecule is CSCC[S-].CSC[S-].[Ni+2]. The first-order valence-electron chi connectivity index (χ1n) is 2.47. The minimum Gasteiger partial charge on any atom is -0.792 e. The zero-order chi connectivity index (χ0) is 7.54. The van der Waals surface area contributed by atoms with E-state index in [-0.39, 0.29) is 16.5 Å². The Bertz CT molecular complexity index is 32.8. The van der Waals surface area contributed by atoms with E-state index in [4.69, 9.17) is 0 Å². The van der Waals surface area contributed by atoms with Crippen LogP contribution in [-0.2, 0) is 41.7 Å². The first kappa shape index (κ1) is 17.8.